The molecular formula is C13H25ClO2Si3. The van der Waals surface area contributed by atoms with Crippen molar-refractivity contribution >= 4 is 42.0 Å². The predicted octanol–water partition coefficient (Wildman–Crippen LogP) is 4.32. The highest BCUT2D eigenvalue weighted by Gasteiger charge is 2.42. The van der Waals surface area contributed by atoms with E-state index in [1.807, 2.05) is 18.2 Å². The van der Waals surface area contributed by atoms with Gasteiger partial charge in [-0.1, -0.05) is 23.7 Å². The van der Waals surface area contributed by atoms with Gasteiger partial charge < -0.3 is 8.23 Å². The van der Waals surface area contributed by atoms with Crippen molar-refractivity contribution < 1.29 is 8.23 Å². The Morgan fingerprint density at radius 2 is 1.32 bits per heavy atom. The number of hydrogen-bond donors (Lipinski definition) is 0. The lowest BCUT2D eigenvalue weighted by atomic mass is 10.4. The van der Waals surface area contributed by atoms with Gasteiger partial charge in [-0.05, 0) is 63.1 Å². The largest absolute Gasteiger partial charge is 0.433 e. The van der Waals surface area contributed by atoms with E-state index in [2.05, 4.69) is 51.9 Å². The van der Waals surface area contributed by atoms with Crippen LogP contribution in [-0.4, -0.2) is 25.2 Å². The molecule has 0 aliphatic rings. The maximum atomic E-state index is 6.47. The van der Waals surface area contributed by atoms with Crippen molar-refractivity contribution in [3.05, 3.63) is 29.3 Å². The highest BCUT2D eigenvalue weighted by atomic mass is 35.5. The number of halogens is 1. The van der Waals surface area contributed by atoms with Crippen LogP contribution in [0.4, 0.5) is 0 Å². The van der Waals surface area contributed by atoms with Gasteiger partial charge in [0.15, 0.2) is 16.6 Å². The maximum Gasteiger partial charge on any atom is 0.348 e. The van der Waals surface area contributed by atoms with Crippen molar-refractivity contribution in [3.63, 3.8) is 0 Å². The van der Waals surface area contributed by atoms with E-state index in [1.54, 1.807) is 0 Å². The van der Waals surface area contributed by atoms with Gasteiger partial charge in [-0.25, -0.2) is 0 Å². The summed E-state index contributed by atoms with van der Waals surface area (Å²) >= 11 is 6.13. The summed E-state index contributed by atoms with van der Waals surface area (Å²) in [7, 11) is -5.74. The molecule has 0 saturated carbocycles. The third-order valence-electron chi connectivity index (χ3n) is 2.35. The molecule has 0 unspecified atom stereocenters. The lowest BCUT2D eigenvalue weighted by molar-refractivity contribution is 0.404. The molecule has 0 radical (unpaired) electrons. The van der Waals surface area contributed by atoms with Crippen LogP contribution in [0.15, 0.2) is 24.3 Å². The summed E-state index contributed by atoms with van der Waals surface area (Å²) in [4.78, 5) is 0. The standard InChI is InChI=1S/C13H25ClO2Si3/c1-17(2,3)15-19(7,16-18(4,5)6)13-10-8-9-12(14)11-13/h8-11H,1-7H3. The molecule has 0 atom stereocenters. The van der Waals surface area contributed by atoms with Gasteiger partial charge in [-0.3, -0.25) is 0 Å². The third-order valence-corrected chi connectivity index (χ3v) is 12.0. The minimum atomic E-state index is -2.39. The van der Waals surface area contributed by atoms with Crippen molar-refractivity contribution in [3.8, 4) is 0 Å². The zero-order valence-corrected chi connectivity index (χ0v) is 16.8. The van der Waals surface area contributed by atoms with Crippen molar-refractivity contribution in [1.82, 2.24) is 0 Å². The smallest absolute Gasteiger partial charge is 0.348 e. The Labute approximate surface area is 125 Å². The molecule has 0 amide bonds. The van der Waals surface area contributed by atoms with Gasteiger partial charge in [-0.15, -0.1) is 0 Å². The maximum absolute atomic E-state index is 6.47. The molecular weight excluding hydrogens is 308 g/mol. The summed E-state index contributed by atoms with van der Waals surface area (Å²) < 4.78 is 12.9. The number of hydrogen-bond acceptors (Lipinski definition) is 2. The van der Waals surface area contributed by atoms with Gasteiger partial charge in [0, 0.05) is 5.02 Å². The topological polar surface area (TPSA) is 18.5 Å². The van der Waals surface area contributed by atoms with E-state index in [1.165, 1.54) is 0 Å². The first-order valence-electron chi connectivity index (χ1n) is 6.58. The fourth-order valence-electron chi connectivity index (χ4n) is 2.08. The van der Waals surface area contributed by atoms with Gasteiger partial charge in [0.25, 0.3) is 0 Å². The molecule has 0 saturated heterocycles. The Hall–Kier alpha value is 0.0806. The summed E-state index contributed by atoms with van der Waals surface area (Å²) in [5, 5.41) is 1.87. The van der Waals surface area contributed by atoms with Gasteiger partial charge in [-0.2, -0.15) is 0 Å². The van der Waals surface area contributed by atoms with E-state index in [0.717, 1.165) is 10.2 Å². The summed E-state index contributed by atoms with van der Waals surface area (Å²) in [6, 6.07) is 7.94. The fourth-order valence-corrected chi connectivity index (χ4v) is 14.0. The molecule has 0 bridgehead atoms. The SMILES string of the molecule is C[Si](C)(C)O[Si](C)(O[Si](C)(C)C)c1cccc(Cl)c1. The lowest BCUT2D eigenvalue weighted by Gasteiger charge is -2.38. The van der Waals surface area contributed by atoms with Gasteiger partial charge in [0.2, 0.25) is 0 Å². The Kier molecular flexibility index (Phi) is 5.26. The predicted molar refractivity (Wildman–Crippen MR) is 91.6 cm³/mol. The summed E-state index contributed by atoms with van der Waals surface area (Å²) in [5.41, 5.74) is 0. The molecule has 19 heavy (non-hydrogen) atoms. The highest BCUT2D eigenvalue weighted by molar-refractivity contribution is 6.94. The molecule has 108 valence electrons. The van der Waals surface area contributed by atoms with Crippen molar-refractivity contribution in [1.29, 1.82) is 0 Å². The van der Waals surface area contributed by atoms with Gasteiger partial charge in [0.1, 0.15) is 0 Å². The van der Waals surface area contributed by atoms with Crippen LogP contribution in [0.1, 0.15) is 0 Å². The van der Waals surface area contributed by atoms with Crippen LogP contribution in [0, 0.1) is 0 Å². The average Bonchev–Trinajstić information content (AvgIpc) is 2.11. The number of benzene rings is 1. The highest BCUT2D eigenvalue weighted by Crippen LogP contribution is 2.21. The summed E-state index contributed by atoms with van der Waals surface area (Å²) in [6.45, 7) is 15.4. The summed E-state index contributed by atoms with van der Waals surface area (Å²) in [6.07, 6.45) is 0. The van der Waals surface area contributed by atoms with Crippen molar-refractivity contribution in [2.45, 2.75) is 45.8 Å². The minimum absolute atomic E-state index is 0.745. The first-order valence-corrected chi connectivity index (χ1v) is 16.1. The minimum Gasteiger partial charge on any atom is -0.433 e. The second-order valence-electron chi connectivity index (χ2n) is 6.88. The average molecular weight is 333 g/mol. The molecule has 0 aliphatic heterocycles. The molecule has 1 aromatic rings. The quantitative estimate of drug-likeness (QED) is 0.747. The molecule has 6 heteroatoms. The third kappa shape index (κ3) is 5.93. The molecule has 0 spiro atoms. The van der Waals surface area contributed by atoms with E-state index < -0.39 is 25.2 Å². The second kappa shape index (κ2) is 5.83. The van der Waals surface area contributed by atoms with Crippen LogP contribution in [0.3, 0.4) is 0 Å². The van der Waals surface area contributed by atoms with E-state index in [9.17, 15) is 0 Å². The normalized spacial score (nSPS) is 13.7. The molecule has 1 aromatic carbocycles. The van der Waals surface area contributed by atoms with Gasteiger partial charge in [0.05, 0.1) is 0 Å². The van der Waals surface area contributed by atoms with Crippen LogP contribution in [0.2, 0.25) is 50.9 Å². The van der Waals surface area contributed by atoms with Crippen molar-refractivity contribution in [2.75, 3.05) is 0 Å². The van der Waals surface area contributed by atoms with Crippen LogP contribution in [-0.2, 0) is 8.23 Å². The van der Waals surface area contributed by atoms with E-state index in [-0.39, 0.29) is 0 Å². The molecule has 0 N–H and O–H groups in total. The monoisotopic (exact) mass is 332 g/mol. The first-order chi connectivity index (χ1) is 8.41. The van der Waals surface area contributed by atoms with Gasteiger partial charge >= 0.3 is 8.56 Å². The molecule has 0 fully saturated rings. The first kappa shape index (κ1) is 17.1. The van der Waals surface area contributed by atoms with Crippen LogP contribution in [0.25, 0.3) is 0 Å². The lowest BCUT2D eigenvalue weighted by Crippen LogP contribution is -2.60. The summed E-state index contributed by atoms with van der Waals surface area (Å²) in [5.74, 6) is 0. The van der Waals surface area contributed by atoms with Crippen LogP contribution >= 0.6 is 11.6 Å². The van der Waals surface area contributed by atoms with Crippen LogP contribution < -0.4 is 5.19 Å². The van der Waals surface area contributed by atoms with Crippen molar-refractivity contribution in [2.24, 2.45) is 0 Å². The Morgan fingerprint density at radius 1 is 0.842 bits per heavy atom. The molecule has 0 aromatic heterocycles. The number of rotatable bonds is 5. The van der Waals surface area contributed by atoms with E-state index in [0.29, 0.717) is 0 Å². The molecule has 1 rings (SSSR count). The Balaban J connectivity index is 3.18. The fraction of sp³-hybridized carbons (Fsp3) is 0.538. The van der Waals surface area contributed by atoms with E-state index >= 15 is 0 Å². The van der Waals surface area contributed by atoms with E-state index in [4.69, 9.17) is 19.8 Å². The Morgan fingerprint density at radius 3 is 1.68 bits per heavy atom. The van der Waals surface area contributed by atoms with Crippen LogP contribution in [0.5, 0.6) is 0 Å². The Bertz CT molecular complexity index is 422. The molecule has 0 aliphatic carbocycles. The zero-order chi connectivity index (χ0) is 14.9. The molecule has 2 nitrogen and oxygen atoms in total. The molecule has 0 heterocycles. The second-order valence-corrected chi connectivity index (χ2v) is 19.9. The zero-order valence-electron chi connectivity index (χ0n) is 13.0.